The average molecular weight is 463 g/mol. The molecule has 5 nitrogen and oxygen atoms in total. The molecule has 0 fully saturated rings. The minimum atomic E-state index is -2.74. The molecule has 0 saturated heterocycles. The van der Waals surface area contributed by atoms with Crippen LogP contribution in [0.5, 0.6) is 5.75 Å². The van der Waals surface area contributed by atoms with Crippen molar-refractivity contribution in [3.8, 4) is 5.75 Å². The van der Waals surface area contributed by atoms with E-state index < -0.39 is 18.4 Å². The molecule has 0 aliphatic heterocycles. The molecular formula is C19H16Cl3F2N3O2. The molecule has 0 aliphatic carbocycles. The van der Waals surface area contributed by atoms with E-state index in [1.165, 1.54) is 12.1 Å². The molecule has 1 N–H and O–H groups in total. The van der Waals surface area contributed by atoms with Crippen LogP contribution in [0.2, 0.25) is 15.1 Å². The number of imidazole rings is 1. The van der Waals surface area contributed by atoms with E-state index in [4.69, 9.17) is 39.5 Å². The van der Waals surface area contributed by atoms with Crippen molar-refractivity contribution in [1.82, 2.24) is 14.9 Å². The van der Waals surface area contributed by atoms with E-state index >= 15 is 0 Å². The highest BCUT2D eigenvalue weighted by Crippen LogP contribution is 2.33. The van der Waals surface area contributed by atoms with E-state index in [2.05, 4.69) is 10.3 Å². The molecule has 29 heavy (non-hydrogen) atoms. The fourth-order valence-electron chi connectivity index (χ4n) is 2.78. The molecule has 1 aromatic heterocycles. The number of carbonyl (C=O) groups excluding carboxylic acids is 1. The Morgan fingerprint density at radius 1 is 1.17 bits per heavy atom. The van der Waals surface area contributed by atoms with Crippen LogP contribution in [0.4, 0.5) is 8.78 Å². The molecule has 0 radical (unpaired) electrons. The number of rotatable bonds is 7. The van der Waals surface area contributed by atoms with Crippen LogP contribution in [-0.2, 0) is 4.79 Å². The van der Waals surface area contributed by atoms with Crippen LogP contribution >= 0.6 is 34.8 Å². The smallest absolute Gasteiger partial charge is 0.320 e. The highest BCUT2D eigenvalue weighted by Gasteiger charge is 2.22. The number of carbonyl (C=O) groups is 1. The summed E-state index contributed by atoms with van der Waals surface area (Å²) in [6.07, 6.45) is 0. The summed E-state index contributed by atoms with van der Waals surface area (Å²) < 4.78 is 33.3. The van der Waals surface area contributed by atoms with Crippen LogP contribution in [0.3, 0.4) is 0 Å². The molecule has 154 valence electrons. The van der Waals surface area contributed by atoms with Crippen molar-refractivity contribution in [2.24, 2.45) is 0 Å². The van der Waals surface area contributed by atoms with Gasteiger partial charge in [-0.1, -0.05) is 53.9 Å². The van der Waals surface area contributed by atoms with Gasteiger partial charge < -0.3 is 10.1 Å². The number of halogens is 5. The molecule has 0 aliphatic rings. The van der Waals surface area contributed by atoms with Crippen molar-refractivity contribution >= 4 is 51.7 Å². The van der Waals surface area contributed by atoms with Gasteiger partial charge in [0.1, 0.15) is 11.6 Å². The summed E-state index contributed by atoms with van der Waals surface area (Å²) in [5.74, 6) is -0.494. The highest BCUT2D eigenvalue weighted by atomic mass is 35.5. The lowest BCUT2D eigenvalue weighted by molar-refractivity contribution is -0.123. The van der Waals surface area contributed by atoms with Gasteiger partial charge in [0.25, 0.3) is 5.91 Å². The predicted molar refractivity (Wildman–Crippen MR) is 109 cm³/mol. The Balaban J connectivity index is 1.63. The SMILES string of the molecule is C[C@H](CNC(=O)COc1cc(Cl)c(Cl)cc1Cl)c1nc2ccccc2n1C(F)F. The quantitative estimate of drug-likeness (QED) is 0.459. The Labute approximate surface area is 180 Å². The number of aromatic nitrogens is 2. The van der Waals surface area contributed by atoms with E-state index in [-0.39, 0.29) is 39.8 Å². The van der Waals surface area contributed by atoms with Crippen LogP contribution in [0.1, 0.15) is 25.2 Å². The molecule has 0 bridgehead atoms. The van der Waals surface area contributed by atoms with Crippen molar-refractivity contribution < 1.29 is 18.3 Å². The predicted octanol–water partition coefficient (Wildman–Crippen LogP) is 5.69. The van der Waals surface area contributed by atoms with Gasteiger partial charge >= 0.3 is 6.55 Å². The van der Waals surface area contributed by atoms with E-state index in [1.54, 1.807) is 31.2 Å². The Hall–Kier alpha value is -2.09. The van der Waals surface area contributed by atoms with Crippen molar-refractivity contribution in [3.63, 3.8) is 0 Å². The van der Waals surface area contributed by atoms with Gasteiger partial charge in [0.15, 0.2) is 6.61 Å². The molecule has 1 atom stereocenters. The second-order valence-electron chi connectivity index (χ2n) is 6.30. The fourth-order valence-corrected chi connectivity index (χ4v) is 3.37. The average Bonchev–Trinajstić information content (AvgIpc) is 3.07. The van der Waals surface area contributed by atoms with E-state index in [0.29, 0.717) is 11.0 Å². The molecule has 3 rings (SSSR count). The second kappa shape index (κ2) is 9.15. The third-order valence-corrected chi connectivity index (χ3v) is 5.22. The normalized spacial score (nSPS) is 12.4. The van der Waals surface area contributed by atoms with Gasteiger partial charge in [-0.3, -0.25) is 9.36 Å². The molecule has 1 amide bonds. The van der Waals surface area contributed by atoms with E-state index in [9.17, 15) is 13.6 Å². The molecule has 0 spiro atoms. The largest absolute Gasteiger partial charge is 0.482 e. The first-order valence-electron chi connectivity index (χ1n) is 8.57. The van der Waals surface area contributed by atoms with Gasteiger partial charge in [0, 0.05) is 18.5 Å². The van der Waals surface area contributed by atoms with Crippen LogP contribution < -0.4 is 10.1 Å². The zero-order valence-corrected chi connectivity index (χ0v) is 17.4. The summed E-state index contributed by atoms with van der Waals surface area (Å²) in [7, 11) is 0. The summed E-state index contributed by atoms with van der Waals surface area (Å²) in [5.41, 5.74) is 0.812. The standard InChI is InChI=1S/C19H16Cl3F2N3O2/c1-10(18-26-14-4-2-3-5-15(14)27(18)19(23)24)8-25-17(28)9-29-16-7-12(21)11(20)6-13(16)22/h2-7,10,19H,8-9H2,1H3,(H,25,28)/t10-/m1/s1. The number of hydrogen-bond acceptors (Lipinski definition) is 3. The zero-order chi connectivity index (χ0) is 21.1. The monoisotopic (exact) mass is 461 g/mol. The van der Waals surface area contributed by atoms with Gasteiger partial charge in [-0.2, -0.15) is 8.78 Å². The van der Waals surface area contributed by atoms with Gasteiger partial charge in [-0.15, -0.1) is 0 Å². The lowest BCUT2D eigenvalue weighted by atomic mass is 10.1. The summed E-state index contributed by atoms with van der Waals surface area (Å²) >= 11 is 17.7. The van der Waals surface area contributed by atoms with Gasteiger partial charge in [-0.05, 0) is 18.2 Å². The van der Waals surface area contributed by atoms with Crippen LogP contribution in [0.15, 0.2) is 36.4 Å². The lowest BCUT2D eigenvalue weighted by Crippen LogP contribution is -2.32. The zero-order valence-electron chi connectivity index (χ0n) is 15.1. The minimum absolute atomic E-state index is 0.105. The number of fused-ring (bicyclic) bond motifs is 1. The first-order chi connectivity index (χ1) is 13.8. The fraction of sp³-hybridized carbons (Fsp3) is 0.263. The number of alkyl halides is 2. The summed E-state index contributed by atoms with van der Waals surface area (Å²) in [4.78, 5) is 16.4. The minimum Gasteiger partial charge on any atom is -0.482 e. The maximum Gasteiger partial charge on any atom is 0.320 e. The van der Waals surface area contributed by atoms with Crippen molar-refractivity contribution in [1.29, 1.82) is 0 Å². The topological polar surface area (TPSA) is 56.1 Å². The van der Waals surface area contributed by atoms with Crippen molar-refractivity contribution in [2.75, 3.05) is 13.2 Å². The van der Waals surface area contributed by atoms with Gasteiger partial charge in [0.05, 0.1) is 26.1 Å². The first kappa shape index (κ1) is 21.6. The van der Waals surface area contributed by atoms with E-state index in [0.717, 1.165) is 4.57 Å². The Morgan fingerprint density at radius 3 is 2.59 bits per heavy atom. The van der Waals surface area contributed by atoms with Gasteiger partial charge in [0.2, 0.25) is 0 Å². The molecule has 0 unspecified atom stereocenters. The number of ether oxygens (including phenoxy) is 1. The third kappa shape index (κ3) is 4.91. The van der Waals surface area contributed by atoms with Crippen LogP contribution in [-0.4, -0.2) is 28.6 Å². The number of para-hydroxylation sites is 2. The van der Waals surface area contributed by atoms with Crippen LogP contribution in [0.25, 0.3) is 11.0 Å². The molecule has 0 saturated carbocycles. The molecule has 2 aromatic carbocycles. The first-order valence-corrected chi connectivity index (χ1v) is 9.70. The molecular weight excluding hydrogens is 447 g/mol. The summed E-state index contributed by atoms with van der Waals surface area (Å²) in [6.45, 7) is -1.25. The van der Waals surface area contributed by atoms with Crippen molar-refractivity contribution in [2.45, 2.75) is 19.4 Å². The van der Waals surface area contributed by atoms with Gasteiger partial charge in [-0.25, -0.2) is 4.98 Å². The third-order valence-electron chi connectivity index (χ3n) is 4.20. The number of hydrogen-bond donors (Lipinski definition) is 1. The molecule has 3 aromatic rings. The maximum atomic E-state index is 13.5. The van der Waals surface area contributed by atoms with Crippen molar-refractivity contribution in [3.05, 3.63) is 57.3 Å². The molecule has 10 heteroatoms. The lowest BCUT2D eigenvalue weighted by Gasteiger charge is -2.15. The number of nitrogens with one attached hydrogen (secondary N) is 1. The number of benzene rings is 2. The Kier molecular flexibility index (Phi) is 6.82. The number of nitrogens with zero attached hydrogens (tertiary/aromatic N) is 2. The summed E-state index contributed by atoms with van der Waals surface area (Å²) in [6, 6.07) is 9.47. The van der Waals surface area contributed by atoms with Crippen LogP contribution in [0, 0.1) is 0 Å². The highest BCUT2D eigenvalue weighted by molar-refractivity contribution is 6.43. The Bertz CT molecular complexity index is 1040. The maximum absolute atomic E-state index is 13.5. The molecule has 1 heterocycles. The Morgan fingerprint density at radius 2 is 1.86 bits per heavy atom. The number of amides is 1. The summed E-state index contributed by atoms with van der Waals surface area (Å²) in [5, 5.41) is 3.37. The second-order valence-corrected chi connectivity index (χ2v) is 7.52. The van der Waals surface area contributed by atoms with E-state index in [1.807, 2.05) is 0 Å².